The van der Waals surface area contributed by atoms with Crippen LogP contribution in [0, 0.1) is 0 Å². The number of nitrogens with zero attached hydrogens (tertiary/aromatic N) is 2. The molecule has 0 amide bonds. The van der Waals surface area contributed by atoms with Crippen molar-refractivity contribution >= 4 is 33.0 Å². The van der Waals surface area contributed by atoms with Gasteiger partial charge in [-0.2, -0.15) is 0 Å². The largest absolute Gasteiger partial charge is 0.310 e. The maximum Gasteiger partial charge on any atom is 0.211 e. The molecule has 0 aliphatic carbocycles. The minimum absolute atomic E-state index is 0.515. The average molecular weight is 312 g/mol. The van der Waals surface area contributed by atoms with Crippen molar-refractivity contribution in [2.24, 2.45) is 0 Å². The van der Waals surface area contributed by atoms with Gasteiger partial charge in [0.1, 0.15) is 9.34 Å². The van der Waals surface area contributed by atoms with Crippen molar-refractivity contribution in [3.05, 3.63) is 15.5 Å². The Morgan fingerprint density at radius 2 is 2.28 bits per heavy atom. The van der Waals surface area contributed by atoms with Gasteiger partial charge in [0.25, 0.3) is 0 Å². The van der Waals surface area contributed by atoms with E-state index < -0.39 is 10.0 Å². The van der Waals surface area contributed by atoms with Crippen molar-refractivity contribution in [2.45, 2.75) is 19.9 Å². The van der Waals surface area contributed by atoms with Crippen LogP contribution in [0.3, 0.4) is 0 Å². The molecule has 1 rings (SSSR count). The molecule has 5 nitrogen and oxygen atoms in total. The van der Waals surface area contributed by atoms with Crippen LogP contribution in [0.5, 0.6) is 0 Å². The molecule has 0 saturated heterocycles. The summed E-state index contributed by atoms with van der Waals surface area (Å²) < 4.78 is 24.8. The first-order valence-corrected chi connectivity index (χ1v) is 8.73. The van der Waals surface area contributed by atoms with E-state index in [2.05, 4.69) is 10.3 Å². The van der Waals surface area contributed by atoms with Gasteiger partial charge in [0.15, 0.2) is 0 Å². The van der Waals surface area contributed by atoms with Crippen LogP contribution in [-0.2, 0) is 16.6 Å². The molecular weight excluding hydrogens is 294 g/mol. The Labute approximate surface area is 117 Å². The molecule has 1 heterocycles. The van der Waals surface area contributed by atoms with Crippen molar-refractivity contribution < 1.29 is 8.42 Å². The van der Waals surface area contributed by atoms with Crippen molar-refractivity contribution in [2.75, 3.05) is 25.9 Å². The first-order chi connectivity index (χ1) is 8.43. The Bertz CT molecular complexity index is 461. The summed E-state index contributed by atoms with van der Waals surface area (Å²) in [6, 6.07) is 0. The standard InChI is InChI=1S/C10H18ClN3O2S2/c1-3-14(18(2,15)16)6-4-5-12-8-10-13-7-9(11)17-10/h7,12H,3-6,8H2,1-2H3. The topological polar surface area (TPSA) is 62.3 Å². The molecule has 0 aliphatic heterocycles. The summed E-state index contributed by atoms with van der Waals surface area (Å²) in [6.07, 6.45) is 3.65. The van der Waals surface area contributed by atoms with Crippen molar-refractivity contribution in [1.82, 2.24) is 14.6 Å². The summed E-state index contributed by atoms with van der Waals surface area (Å²) in [5.74, 6) is 0. The maximum atomic E-state index is 11.3. The quantitative estimate of drug-likeness (QED) is 0.740. The number of nitrogens with one attached hydrogen (secondary N) is 1. The summed E-state index contributed by atoms with van der Waals surface area (Å²) in [7, 11) is -3.07. The average Bonchev–Trinajstić information content (AvgIpc) is 2.67. The fourth-order valence-electron chi connectivity index (χ4n) is 1.50. The highest BCUT2D eigenvalue weighted by molar-refractivity contribution is 7.88. The minimum atomic E-state index is -3.07. The Morgan fingerprint density at radius 1 is 1.56 bits per heavy atom. The van der Waals surface area contributed by atoms with Crippen LogP contribution in [0.2, 0.25) is 4.34 Å². The summed E-state index contributed by atoms with van der Waals surface area (Å²) >= 11 is 7.21. The van der Waals surface area contributed by atoms with Gasteiger partial charge in [0.2, 0.25) is 10.0 Å². The Hall–Kier alpha value is -0.210. The first kappa shape index (κ1) is 15.8. The van der Waals surface area contributed by atoms with E-state index in [0.717, 1.165) is 18.0 Å². The summed E-state index contributed by atoms with van der Waals surface area (Å²) in [5, 5.41) is 4.15. The summed E-state index contributed by atoms with van der Waals surface area (Å²) in [6.45, 7) is 4.32. The number of hydrogen-bond donors (Lipinski definition) is 1. The molecule has 0 aromatic carbocycles. The smallest absolute Gasteiger partial charge is 0.211 e. The molecule has 1 N–H and O–H groups in total. The molecule has 0 bridgehead atoms. The van der Waals surface area contributed by atoms with Crippen LogP contribution in [0.25, 0.3) is 0 Å². The van der Waals surface area contributed by atoms with Crippen molar-refractivity contribution in [3.8, 4) is 0 Å². The van der Waals surface area contributed by atoms with Crippen molar-refractivity contribution in [1.29, 1.82) is 0 Å². The minimum Gasteiger partial charge on any atom is -0.310 e. The van der Waals surface area contributed by atoms with Crippen molar-refractivity contribution in [3.63, 3.8) is 0 Å². The zero-order valence-electron chi connectivity index (χ0n) is 10.5. The third-order valence-corrected chi connectivity index (χ3v) is 4.88. The second-order valence-electron chi connectivity index (χ2n) is 3.84. The maximum absolute atomic E-state index is 11.3. The highest BCUT2D eigenvalue weighted by Gasteiger charge is 2.12. The molecule has 0 aliphatic rings. The van der Waals surface area contributed by atoms with Crippen LogP contribution < -0.4 is 5.32 Å². The summed E-state index contributed by atoms with van der Waals surface area (Å²) in [5.41, 5.74) is 0. The second-order valence-corrected chi connectivity index (χ2v) is 7.57. The van der Waals surface area contributed by atoms with Gasteiger partial charge in [-0.25, -0.2) is 17.7 Å². The van der Waals surface area contributed by atoms with E-state index in [9.17, 15) is 8.42 Å². The molecule has 1 aromatic rings. The Kier molecular flexibility index (Phi) is 6.51. The Morgan fingerprint density at radius 3 is 2.78 bits per heavy atom. The van der Waals surface area contributed by atoms with E-state index in [1.54, 1.807) is 6.20 Å². The van der Waals surface area contributed by atoms with E-state index in [-0.39, 0.29) is 0 Å². The lowest BCUT2D eigenvalue weighted by atomic mass is 10.4. The van der Waals surface area contributed by atoms with Crippen LogP contribution in [0.4, 0.5) is 0 Å². The van der Waals surface area contributed by atoms with Gasteiger partial charge in [0.05, 0.1) is 12.5 Å². The first-order valence-electron chi connectivity index (χ1n) is 5.69. The Balaban J connectivity index is 2.19. The lowest BCUT2D eigenvalue weighted by molar-refractivity contribution is 0.419. The van der Waals surface area contributed by atoms with Gasteiger partial charge in [-0.15, -0.1) is 11.3 Å². The van der Waals surface area contributed by atoms with Gasteiger partial charge < -0.3 is 5.32 Å². The fraction of sp³-hybridized carbons (Fsp3) is 0.700. The molecule has 104 valence electrons. The van der Waals surface area contributed by atoms with Gasteiger partial charge in [-0.3, -0.25) is 0 Å². The molecule has 8 heteroatoms. The number of sulfonamides is 1. The summed E-state index contributed by atoms with van der Waals surface area (Å²) in [4.78, 5) is 4.12. The lowest BCUT2D eigenvalue weighted by Gasteiger charge is -2.17. The number of aromatic nitrogens is 1. The normalized spacial score (nSPS) is 12.2. The third kappa shape index (κ3) is 5.62. The van der Waals surface area contributed by atoms with E-state index >= 15 is 0 Å². The molecule has 0 saturated carbocycles. The number of thiazole rings is 1. The zero-order valence-corrected chi connectivity index (χ0v) is 12.9. The predicted octanol–water partition coefficient (Wildman–Crippen LogP) is 1.56. The molecule has 0 radical (unpaired) electrons. The molecule has 0 spiro atoms. The van der Waals surface area contributed by atoms with Crippen LogP contribution in [0.1, 0.15) is 18.4 Å². The van der Waals surface area contributed by atoms with Crippen LogP contribution in [0.15, 0.2) is 6.20 Å². The SMILES string of the molecule is CCN(CCCNCc1ncc(Cl)s1)S(C)(=O)=O. The predicted molar refractivity (Wildman–Crippen MR) is 75.5 cm³/mol. The zero-order chi connectivity index (χ0) is 13.6. The van der Waals surface area contributed by atoms with Gasteiger partial charge in [-0.1, -0.05) is 18.5 Å². The second kappa shape index (κ2) is 7.40. The number of halogens is 1. The molecule has 0 fully saturated rings. The van der Waals surface area contributed by atoms with Crippen LogP contribution >= 0.6 is 22.9 Å². The van der Waals surface area contributed by atoms with E-state index in [1.807, 2.05) is 6.92 Å². The molecule has 0 atom stereocenters. The van der Waals surface area contributed by atoms with Gasteiger partial charge in [-0.05, 0) is 13.0 Å². The highest BCUT2D eigenvalue weighted by atomic mass is 35.5. The molecule has 0 unspecified atom stereocenters. The third-order valence-electron chi connectivity index (χ3n) is 2.38. The van der Waals surface area contributed by atoms with Crippen LogP contribution in [-0.4, -0.2) is 43.6 Å². The number of rotatable bonds is 8. The van der Waals surface area contributed by atoms with E-state index in [0.29, 0.717) is 24.0 Å². The fourth-order valence-corrected chi connectivity index (χ4v) is 3.36. The molecular formula is C10H18ClN3O2S2. The van der Waals surface area contributed by atoms with Gasteiger partial charge in [0, 0.05) is 19.6 Å². The number of hydrogen-bond acceptors (Lipinski definition) is 5. The molecule has 18 heavy (non-hydrogen) atoms. The van der Waals surface area contributed by atoms with E-state index in [1.165, 1.54) is 21.9 Å². The highest BCUT2D eigenvalue weighted by Crippen LogP contribution is 2.17. The lowest BCUT2D eigenvalue weighted by Crippen LogP contribution is -2.32. The van der Waals surface area contributed by atoms with Gasteiger partial charge >= 0.3 is 0 Å². The van der Waals surface area contributed by atoms with E-state index in [4.69, 9.17) is 11.6 Å². The monoisotopic (exact) mass is 311 g/mol. The molecule has 1 aromatic heterocycles.